The van der Waals surface area contributed by atoms with Gasteiger partial charge < -0.3 is 20.5 Å². The summed E-state index contributed by atoms with van der Waals surface area (Å²) in [6.45, 7) is 3.45. The van der Waals surface area contributed by atoms with Gasteiger partial charge in [0.2, 0.25) is 11.9 Å². The number of benzene rings is 2. The lowest BCUT2D eigenvalue weighted by molar-refractivity contribution is -0.111. The summed E-state index contributed by atoms with van der Waals surface area (Å²) in [6, 6.07) is 16.4. The summed E-state index contributed by atoms with van der Waals surface area (Å²) in [6.07, 6.45) is 8.03. The Morgan fingerprint density at radius 1 is 1.21 bits per heavy atom. The fraction of sp³-hybridized carbons (Fsp3) is 0.276. The quantitative estimate of drug-likeness (QED) is 0.264. The van der Waals surface area contributed by atoms with Gasteiger partial charge in [0, 0.05) is 66.6 Å². The van der Waals surface area contributed by atoms with Crippen LogP contribution >= 0.6 is 11.6 Å². The second-order valence-corrected chi connectivity index (χ2v) is 10.3. The molecule has 0 radical (unpaired) electrons. The first kappa shape index (κ1) is 25.9. The fourth-order valence-corrected chi connectivity index (χ4v) is 4.87. The third-order valence-electron chi connectivity index (χ3n) is 6.56. The van der Waals surface area contributed by atoms with E-state index in [0.29, 0.717) is 11.0 Å². The molecule has 1 amide bonds. The zero-order chi connectivity index (χ0) is 26.5. The number of carbonyl (C=O) groups is 1. The number of para-hydroxylation sites is 1. The van der Waals surface area contributed by atoms with Gasteiger partial charge in [-0.25, -0.2) is 9.97 Å². The smallest absolute Gasteiger partial charge is 0.248 e. The van der Waals surface area contributed by atoms with Crippen LogP contribution in [0.1, 0.15) is 12.0 Å². The summed E-state index contributed by atoms with van der Waals surface area (Å²) < 4.78 is 0. The van der Waals surface area contributed by atoms with Crippen molar-refractivity contribution in [1.29, 1.82) is 0 Å². The zero-order valence-electron chi connectivity index (χ0n) is 21.6. The normalized spacial score (nSPS) is 16.1. The van der Waals surface area contributed by atoms with Crippen LogP contribution in [0, 0.1) is 0 Å². The highest BCUT2D eigenvalue weighted by atomic mass is 35.5. The number of H-pyrrole nitrogens is 1. The van der Waals surface area contributed by atoms with Crippen molar-refractivity contribution in [2.24, 2.45) is 0 Å². The monoisotopic (exact) mass is 529 g/mol. The van der Waals surface area contributed by atoms with Crippen LogP contribution in [0.15, 0.2) is 73.1 Å². The van der Waals surface area contributed by atoms with Crippen molar-refractivity contribution in [3.8, 4) is 11.3 Å². The standard InChI is InChI=1S/C29H32ClN7O/c1-36(2)14-5-8-27(38)33-21-11-9-20(10-12-21)18-37-15-13-22(19-37)34-29-32-17-25(30)28(35-29)24-16-31-26-7-4-3-6-23(24)26/h3-12,16-17,22,31H,13-15,18-19H2,1-2H3,(H,33,38)(H,32,34,35)/b8-5+. The number of fused-ring (bicyclic) bond motifs is 1. The van der Waals surface area contributed by atoms with E-state index in [1.54, 1.807) is 12.3 Å². The van der Waals surface area contributed by atoms with E-state index in [1.807, 2.05) is 61.6 Å². The lowest BCUT2D eigenvalue weighted by Crippen LogP contribution is -2.26. The minimum Gasteiger partial charge on any atom is -0.360 e. The first-order chi connectivity index (χ1) is 18.4. The Morgan fingerprint density at radius 2 is 2.03 bits per heavy atom. The van der Waals surface area contributed by atoms with Crippen molar-refractivity contribution in [3.05, 3.63) is 83.7 Å². The average molecular weight is 530 g/mol. The van der Waals surface area contributed by atoms with Crippen molar-refractivity contribution in [3.63, 3.8) is 0 Å². The van der Waals surface area contributed by atoms with Gasteiger partial charge in [0.05, 0.1) is 16.9 Å². The van der Waals surface area contributed by atoms with E-state index in [2.05, 4.69) is 43.7 Å². The summed E-state index contributed by atoms with van der Waals surface area (Å²) in [5.41, 5.74) is 4.73. The molecule has 38 heavy (non-hydrogen) atoms. The van der Waals surface area contributed by atoms with E-state index in [1.165, 1.54) is 5.56 Å². The van der Waals surface area contributed by atoms with Crippen molar-refractivity contribution in [2.75, 3.05) is 44.4 Å². The Labute approximate surface area is 227 Å². The highest BCUT2D eigenvalue weighted by Gasteiger charge is 2.23. The number of hydrogen-bond donors (Lipinski definition) is 3. The topological polar surface area (TPSA) is 89.2 Å². The molecule has 2 aromatic carbocycles. The molecule has 9 heteroatoms. The molecule has 1 aliphatic rings. The van der Waals surface area contributed by atoms with E-state index in [0.717, 1.165) is 60.4 Å². The molecule has 1 aliphatic heterocycles. The highest BCUT2D eigenvalue weighted by Crippen LogP contribution is 2.32. The molecule has 0 bridgehead atoms. The Bertz CT molecular complexity index is 1430. The third-order valence-corrected chi connectivity index (χ3v) is 6.84. The maximum absolute atomic E-state index is 12.1. The van der Waals surface area contributed by atoms with E-state index >= 15 is 0 Å². The lowest BCUT2D eigenvalue weighted by atomic mass is 10.1. The maximum Gasteiger partial charge on any atom is 0.248 e. The van der Waals surface area contributed by atoms with Crippen molar-refractivity contribution < 1.29 is 4.79 Å². The molecular formula is C29H32ClN7O. The number of carbonyl (C=O) groups excluding carboxylic acids is 1. The summed E-state index contributed by atoms with van der Waals surface area (Å²) in [7, 11) is 3.93. The molecular weight excluding hydrogens is 498 g/mol. The molecule has 196 valence electrons. The number of likely N-dealkylation sites (N-methyl/N-ethyl adjacent to an activating group) is 1. The predicted molar refractivity (Wildman–Crippen MR) is 154 cm³/mol. The summed E-state index contributed by atoms with van der Waals surface area (Å²) >= 11 is 6.49. The van der Waals surface area contributed by atoms with Crippen molar-refractivity contribution in [1.82, 2.24) is 24.8 Å². The molecule has 1 saturated heterocycles. The molecule has 1 atom stereocenters. The molecule has 0 saturated carbocycles. The molecule has 2 aromatic heterocycles. The van der Waals surface area contributed by atoms with Crippen LogP contribution in [0.25, 0.3) is 22.2 Å². The van der Waals surface area contributed by atoms with Crippen LogP contribution < -0.4 is 10.6 Å². The van der Waals surface area contributed by atoms with Gasteiger partial charge in [0.1, 0.15) is 0 Å². The Balaban J connectivity index is 1.16. The van der Waals surface area contributed by atoms with Gasteiger partial charge in [-0.15, -0.1) is 0 Å². The van der Waals surface area contributed by atoms with E-state index in [4.69, 9.17) is 16.6 Å². The van der Waals surface area contributed by atoms with Gasteiger partial charge in [-0.1, -0.05) is 48.0 Å². The van der Waals surface area contributed by atoms with Crippen LogP contribution in [0.3, 0.4) is 0 Å². The fourth-order valence-electron chi connectivity index (χ4n) is 4.68. The van der Waals surface area contributed by atoms with Gasteiger partial charge >= 0.3 is 0 Å². The van der Waals surface area contributed by atoms with Gasteiger partial charge in [-0.05, 0) is 44.3 Å². The number of nitrogens with zero attached hydrogens (tertiary/aromatic N) is 4. The van der Waals surface area contributed by atoms with Crippen LogP contribution in [0.5, 0.6) is 0 Å². The van der Waals surface area contributed by atoms with Gasteiger partial charge in [0.25, 0.3) is 0 Å². The van der Waals surface area contributed by atoms with E-state index < -0.39 is 0 Å². The number of hydrogen-bond acceptors (Lipinski definition) is 6. The first-order valence-corrected chi connectivity index (χ1v) is 13.1. The second kappa shape index (κ2) is 11.8. The van der Waals surface area contributed by atoms with E-state index in [-0.39, 0.29) is 11.9 Å². The minimum absolute atomic E-state index is 0.120. The predicted octanol–water partition coefficient (Wildman–Crippen LogP) is 5.02. The number of aromatic amines is 1. The van der Waals surface area contributed by atoms with Crippen molar-refractivity contribution in [2.45, 2.75) is 19.0 Å². The number of rotatable bonds is 9. The van der Waals surface area contributed by atoms with Gasteiger partial charge in [-0.2, -0.15) is 0 Å². The van der Waals surface area contributed by atoms with Crippen LogP contribution in [0.2, 0.25) is 5.02 Å². The molecule has 8 nitrogen and oxygen atoms in total. The number of aromatic nitrogens is 3. The third kappa shape index (κ3) is 6.39. The zero-order valence-corrected chi connectivity index (χ0v) is 22.4. The number of amides is 1. The lowest BCUT2D eigenvalue weighted by Gasteiger charge is -2.17. The SMILES string of the molecule is CN(C)C/C=C/C(=O)Nc1ccc(CN2CCC(Nc3ncc(Cl)c(-c4c[nH]c5ccccc45)n3)C2)cc1. The largest absolute Gasteiger partial charge is 0.360 e. The summed E-state index contributed by atoms with van der Waals surface area (Å²) in [5, 5.41) is 8.01. The van der Waals surface area contributed by atoms with Crippen molar-refractivity contribution >= 4 is 40.0 Å². The minimum atomic E-state index is -0.120. The second-order valence-electron chi connectivity index (χ2n) is 9.85. The number of halogens is 1. The molecule has 0 aliphatic carbocycles. The number of anilines is 2. The van der Waals surface area contributed by atoms with Crippen LogP contribution in [-0.4, -0.2) is 70.4 Å². The molecule has 0 spiro atoms. The molecule has 1 fully saturated rings. The first-order valence-electron chi connectivity index (χ1n) is 12.7. The molecule has 3 heterocycles. The molecule has 4 aromatic rings. The van der Waals surface area contributed by atoms with Crippen LogP contribution in [0.4, 0.5) is 11.6 Å². The number of nitrogens with one attached hydrogen (secondary N) is 3. The molecule has 5 rings (SSSR count). The Kier molecular flexibility index (Phi) is 8.03. The Hall–Kier alpha value is -3.72. The molecule has 3 N–H and O–H groups in total. The Morgan fingerprint density at radius 3 is 2.84 bits per heavy atom. The maximum atomic E-state index is 12.1. The number of likely N-dealkylation sites (tertiary alicyclic amines) is 1. The summed E-state index contributed by atoms with van der Waals surface area (Å²) in [5.74, 6) is 0.464. The van der Waals surface area contributed by atoms with Gasteiger partial charge in [-0.3, -0.25) is 9.69 Å². The molecule has 1 unspecified atom stereocenters. The highest BCUT2D eigenvalue weighted by molar-refractivity contribution is 6.33. The average Bonchev–Trinajstić information content (AvgIpc) is 3.53. The van der Waals surface area contributed by atoms with Crippen LogP contribution in [-0.2, 0) is 11.3 Å². The van der Waals surface area contributed by atoms with Gasteiger partial charge in [0.15, 0.2) is 0 Å². The van der Waals surface area contributed by atoms with E-state index in [9.17, 15) is 4.79 Å². The summed E-state index contributed by atoms with van der Waals surface area (Å²) in [4.78, 5) is 29.0.